The topological polar surface area (TPSA) is 70.2 Å². The van der Waals surface area contributed by atoms with E-state index in [2.05, 4.69) is 16.2 Å². The van der Waals surface area contributed by atoms with Crippen molar-refractivity contribution in [2.24, 2.45) is 0 Å². The van der Waals surface area contributed by atoms with Crippen LogP contribution >= 0.6 is 47.0 Å². The van der Waals surface area contributed by atoms with Gasteiger partial charge in [0.15, 0.2) is 5.11 Å². The number of carbonyl (C=O) groups is 2. The Hall–Kier alpha value is -1.86. The van der Waals surface area contributed by atoms with Crippen molar-refractivity contribution in [1.82, 2.24) is 16.2 Å². The second-order valence-corrected chi connectivity index (χ2v) is 6.57. The molecule has 0 atom stereocenters. The molecule has 0 spiro atoms. The molecule has 130 valence electrons. The van der Waals surface area contributed by atoms with E-state index in [1.807, 2.05) is 0 Å². The summed E-state index contributed by atoms with van der Waals surface area (Å²) in [5.74, 6) is -0.852. The Morgan fingerprint density at radius 2 is 1.56 bits per heavy atom. The lowest BCUT2D eigenvalue weighted by Crippen LogP contribution is -2.48. The monoisotopic (exact) mass is 415 g/mol. The van der Waals surface area contributed by atoms with E-state index in [-0.39, 0.29) is 28.0 Å². The summed E-state index contributed by atoms with van der Waals surface area (Å²) in [6.07, 6.45) is 0.121. The molecule has 9 heteroatoms. The predicted octanol–water partition coefficient (Wildman–Crippen LogP) is 3.53. The summed E-state index contributed by atoms with van der Waals surface area (Å²) < 4.78 is 0. The minimum atomic E-state index is -0.518. The fourth-order valence-electron chi connectivity index (χ4n) is 1.84. The van der Waals surface area contributed by atoms with Gasteiger partial charge in [0.05, 0.1) is 17.0 Å². The molecule has 0 bridgehead atoms. The van der Waals surface area contributed by atoms with Gasteiger partial charge in [0, 0.05) is 10.0 Å². The Balaban J connectivity index is 1.82. The molecule has 0 saturated heterocycles. The quantitative estimate of drug-likeness (QED) is 0.529. The standard InChI is InChI=1S/C16H12Cl3N3O2S/c17-10-3-1-9(2-4-10)7-14(23)20-16(25)22-21-15(24)12-6-5-11(18)8-13(12)19/h1-6,8H,7H2,(H,21,24)(H2,20,22,23,25). The van der Waals surface area contributed by atoms with E-state index in [1.54, 1.807) is 24.3 Å². The maximum atomic E-state index is 12.0. The van der Waals surface area contributed by atoms with E-state index >= 15 is 0 Å². The number of halogens is 3. The summed E-state index contributed by atoms with van der Waals surface area (Å²) in [5, 5.41) is 3.61. The molecule has 0 fully saturated rings. The molecular weight excluding hydrogens is 405 g/mol. The van der Waals surface area contributed by atoms with Gasteiger partial charge < -0.3 is 5.32 Å². The van der Waals surface area contributed by atoms with E-state index in [9.17, 15) is 9.59 Å². The highest BCUT2D eigenvalue weighted by Crippen LogP contribution is 2.20. The van der Waals surface area contributed by atoms with Crippen molar-refractivity contribution in [3.05, 3.63) is 68.7 Å². The number of hydrogen-bond acceptors (Lipinski definition) is 3. The van der Waals surface area contributed by atoms with Crippen LogP contribution in [0.25, 0.3) is 0 Å². The Kier molecular flexibility index (Phi) is 7.01. The molecule has 0 aliphatic rings. The van der Waals surface area contributed by atoms with Gasteiger partial charge in [-0.25, -0.2) is 0 Å². The zero-order valence-corrected chi connectivity index (χ0v) is 15.7. The molecule has 0 aliphatic carbocycles. The van der Waals surface area contributed by atoms with Crippen molar-refractivity contribution in [1.29, 1.82) is 0 Å². The molecule has 5 nitrogen and oxygen atoms in total. The van der Waals surface area contributed by atoms with Crippen molar-refractivity contribution in [3.63, 3.8) is 0 Å². The van der Waals surface area contributed by atoms with Gasteiger partial charge in [0.1, 0.15) is 0 Å². The predicted molar refractivity (Wildman–Crippen MR) is 103 cm³/mol. The fraction of sp³-hybridized carbons (Fsp3) is 0.0625. The largest absolute Gasteiger partial charge is 0.302 e. The highest BCUT2D eigenvalue weighted by molar-refractivity contribution is 7.80. The molecule has 2 aromatic rings. The normalized spacial score (nSPS) is 10.0. The van der Waals surface area contributed by atoms with Gasteiger partial charge >= 0.3 is 0 Å². The number of carbonyl (C=O) groups excluding carboxylic acids is 2. The average Bonchev–Trinajstić information content (AvgIpc) is 2.54. The van der Waals surface area contributed by atoms with Gasteiger partial charge in [-0.15, -0.1) is 0 Å². The number of thiocarbonyl (C=S) groups is 1. The van der Waals surface area contributed by atoms with E-state index in [4.69, 9.17) is 47.0 Å². The van der Waals surface area contributed by atoms with Crippen LogP contribution in [-0.4, -0.2) is 16.9 Å². The maximum absolute atomic E-state index is 12.0. The van der Waals surface area contributed by atoms with Crippen LogP contribution in [0.1, 0.15) is 15.9 Å². The molecule has 2 rings (SSSR count). The van der Waals surface area contributed by atoms with E-state index < -0.39 is 5.91 Å². The summed E-state index contributed by atoms with van der Waals surface area (Å²) in [4.78, 5) is 23.9. The van der Waals surface area contributed by atoms with E-state index in [0.29, 0.717) is 10.0 Å². The first kappa shape index (κ1) is 19.5. The summed E-state index contributed by atoms with van der Waals surface area (Å²) in [5.41, 5.74) is 5.78. The van der Waals surface area contributed by atoms with Gasteiger partial charge in [0.2, 0.25) is 5.91 Å². The van der Waals surface area contributed by atoms with Crippen molar-refractivity contribution in [3.8, 4) is 0 Å². The number of hydrogen-bond donors (Lipinski definition) is 3. The van der Waals surface area contributed by atoms with Gasteiger partial charge in [-0.2, -0.15) is 0 Å². The summed E-state index contributed by atoms with van der Waals surface area (Å²) in [6, 6.07) is 11.3. The second-order valence-electron chi connectivity index (χ2n) is 4.88. The molecule has 0 unspecified atom stereocenters. The zero-order chi connectivity index (χ0) is 18.4. The van der Waals surface area contributed by atoms with Crippen LogP contribution in [0.3, 0.4) is 0 Å². The van der Waals surface area contributed by atoms with Crippen LogP contribution in [0, 0.1) is 0 Å². The number of hydrazine groups is 1. The molecule has 0 aromatic heterocycles. The lowest BCUT2D eigenvalue weighted by Gasteiger charge is -2.11. The number of amides is 2. The van der Waals surface area contributed by atoms with E-state index in [0.717, 1.165) is 5.56 Å². The molecule has 0 aliphatic heterocycles. The third-order valence-electron chi connectivity index (χ3n) is 3.00. The maximum Gasteiger partial charge on any atom is 0.271 e. The van der Waals surface area contributed by atoms with Crippen LogP contribution in [0.15, 0.2) is 42.5 Å². The Labute approximate surface area is 164 Å². The van der Waals surface area contributed by atoms with Crippen LogP contribution in [-0.2, 0) is 11.2 Å². The van der Waals surface area contributed by atoms with Crippen LogP contribution < -0.4 is 16.2 Å². The molecule has 0 heterocycles. The lowest BCUT2D eigenvalue weighted by molar-refractivity contribution is -0.119. The minimum Gasteiger partial charge on any atom is -0.302 e. The molecule has 3 N–H and O–H groups in total. The first-order valence-electron chi connectivity index (χ1n) is 6.95. The number of rotatable bonds is 3. The van der Waals surface area contributed by atoms with Gasteiger partial charge in [-0.3, -0.25) is 20.4 Å². The first-order chi connectivity index (χ1) is 11.8. The van der Waals surface area contributed by atoms with Crippen molar-refractivity contribution in [2.75, 3.05) is 0 Å². The average molecular weight is 417 g/mol. The van der Waals surface area contributed by atoms with Crippen molar-refractivity contribution >= 4 is 63.9 Å². The smallest absolute Gasteiger partial charge is 0.271 e. The van der Waals surface area contributed by atoms with Crippen LogP contribution in [0.4, 0.5) is 0 Å². The lowest BCUT2D eigenvalue weighted by atomic mass is 10.1. The Morgan fingerprint density at radius 1 is 0.920 bits per heavy atom. The third kappa shape index (κ3) is 6.17. The number of nitrogens with one attached hydrogen (secondary N) is 3. The molecule has 2 amide bonds. The molecule has 0 radical (unpaired) electrons. The van der Waals surface area contributed by atoms with Crippen molar-refractivity contribution < 1.29 is 9.59 Å². The summed E-state index contributed by atoms with van der Waals surface area (Å²) in [6.45, 7) is 0. The highest BCUT2D eigenvalue weighted by atomic mass is 35.5. The first-order valence-corrected chi connectivity index (χ1v) is 8.49. The molecule has 0 saturated carbocycles. The SMILES string of the molecule is O=C(Cc1ccc(Cl)cc1)NC(=S)NNC(=O)c1ccc(Cl)cc1Cl. The van der Waals surface area contributed by atoms with Gasteiger partial charge in [-0.1, -0.05) is 46.9 Å². The molecular formula is C16H12Cl3N3O2S. The molecule has 2 aromatic carbocycles. The summed E-state index contributed by atoms with van der Waals surface area (Å²) in [7, 11) is 0. The van der Waals surface area contributed by atoms with Crippen molar-refractivity contribution in [2.45, 2.75) is 6.42 Å². The minimum absolute atomic E-state index is 0.0441. The fourth-order valence-corrected chi connectivity index (χ4v) is 2.63. The molecule has 25 heavy (non-hydrogen) atoms. The Morgan fingerprint density at radius 3 is 2.20 bits per heavy atom. The third-order valence-corrected chi connectivity index (χ3v) is 4.00. The van der Waals surface area contributed by atoms with Crippen LogP contribution in [0.2, 0.25) is 15.1 Å². The van der Waals surface area contributed by atoms with E-state index in [1.165, 1.54) is 18.2 Å². The highest BCUT2D eigenvalue weighted by Gasteiger charge is 2.12. The van der Waals surface area contributed by atoms with Gasteiger partial charge in [-0.05, 0) is 48.1 Å². The Bertz CT molecular complexity index is 813. The second kappa shape index (κ2) is 9.01. The van der Waals surface area contributed by atoms with Crippen LogP contribution in [0.5, 0.6) is 0 Å². The summed E-state index contributed by atoms with van der Waals surface area (Å²) >= 11 is 22.5. The number of benzene rings is 2. The zero-order valence-electron chi connectivity index (χ0n) is 12.6. The van der Waals surface area contributed by atoms with Gasteiger partial charge in [0.25, 0.3) is 5.91 Å².